The molecule has 0 unspecified atom stereocenters. The lowest BCUT2D eigenvalue weighted by atomic mass is 10.0. The van der Waals surface area contributed by atoms with E-state index in [-0.39, 0.29) is 16.6 Å². The second kappa shape index (κ2) is 9.71. The van der Waals surface area contributed by atoms with Crippen LogP contribution in [0.2, 0.25) is 10.0 Å². The topological polar surface area (TPSA) is 114 Å². The van der Waals surface area contributed by atoms with Gasteiger partial charge in [0.1, 0.15) is 11.5 Å². The van der Waals surface area contributed by atoms with Crippen molar-refractivity contribution < 1.29 is 19.5 Å². The number of halogens is 2. The van der Waals surface area contributed by atoms with Gasteiger partial charge in [-0.25, -0.2) is 9.78 Å². The highest BCUT2D eigenvalue weighted by molar-refractivity contribution is 8.01. The minimum atomic E-state index is -1.19. The number of rotatable bonds is 7. The number of aromatic nitrogens is 4. The number of aliphatic hydroxyl groups is 1. The molecule has 3 aromatic heterocycles. The van der Waals surface area contributed by atoms with Crippen molar-refractivity contribution in [2.75, 3.05) is 0 Å². The molecule has 0 atom stereocenters. The Morgan fingerprint density at radius 2 is 1.97 bits per heavy atom. The molecule has 3 heterocycles. The summed E-state index contributed by atoms with van der Waals surface area (Å²) >= 11 is 15.3. The van der Waals surface area contributed by atoms with E-state index < -0.39 is 12.6 Å². The van der Waals surface area contributed by atoms with Crippen molar-refractivity contribution in [2.24, 2.45) is 0 Å². The van der Waals surface area contributed by atoms with E-state index >= 15 is 0 Å². The zero-order valence-electron chi connectivity index (χ0n) is 18.6. The van der Waals surface area contributed by atoms with Crippen molar-refractivity contribution in [3.8, 4) is 27.5 Å². The number of aryl methyl sites for hydroxylation is 2. The summed E-state index contributed by atoms with van der Waals surface area (Å²) in [7, 11) is 0. The maximum Gasteiger partial charge on any atom is 0.355 e. The van der Waals surface area contributed by atoms with Crippen LogP contribution in [0, 0.1) is 13.8 Å². The average molecular weight is 539 g/mol. The van der Waals surface area contributed by atoms with Gasteiger partial charge < -0.3 is 14.7 Å². The molecule has 12 heteroatoms. The van der Waals surface area contributed by atoms with Gasteiger partial charge in [0.05, 0.1) is 37.8 Å². The van der Waals surface area contributed by atoms with E-state index in [4.69, 9.17) is 32.7 Å². The molecule has 0 spiro atoms. The summed E-state index contributed by atoms with van der Waals surface area (Å²) in [4.78, 5) is 17.2. The number of aromatic carboxylic acids is 1. The fourth-order valence-corrected chi connectivity index (χ4v) is 6.29. The largest absolute Gasteiger partial charge is 0.476 e. The van der Waals surface area contributed by atoms with Gasteiger partial charge in [0, 0.05) is 16.4 Å². The monoisotopic (exact) mass is 538 g/mol. The molecule has 4 rings (SSSR count). The van der Waals surface area contributed by atoms with Gasteiger partial charge in [0.15, 0.2) is 5.69 Å². The molecular formula is C22H20Cl2N4O4S2. The maximum absolute atomic E-state index is 12.4. The van der Waals surface area contributed by atoms with Crippen LogP contribution in [0.4, 0.5) is 0 Å². The van der Waals surface area contributed by atoms with Crippen molar-refractivity contribution in [1.29, 1.82) is 0 Å². The highest BCUT2D eigenvalue weighted by Gasteiger charge is 2.30. The number of aliphatic hydroxyl groups excluding tert-OH is 1. The van der Waals surface area contributed by atoms with Gasteiger partial charge in [-0.15, -0.1) is 11.8 Å². The van der Waals surface area contributed by atoms with E-state index in [0.717, 1.165) is 9.77 Å². The highest BCUT2D eigenvalue weighted by atomic mass is 35.5. The van der Waals surface area contributed by atoms with Crippen molar-refractivity contribution in [3.05, 3.63) is 51.1 Å². The second-order valence-electron chi connectivity index (χ2n) is 7.67. The number of carbonyl (C=O) groups is 1. The molecule has 34 heavy (non-hydrogen) atoms. The van der Waals surface area contributed by atoms with Crippen LogP contribution in [0.1, 0.15) is 41.5 Å². The third kappa shape index (κ3) is 4.48. The number of hydrogen-bond donors (Lipinski definition) is 2. The first-order chi connectivity index (χ1) is 16.1. The molecule has 4 aromatic rings. The third-order valence-electron chi connectivity index (χ3n) is 4.90. The van der Waals surface area contributed by atoms with E-state index in [1.165, 1.54) is 16.0 Å². The van der Waals surface area contributed by atoms with Crippen LogP contribution in [0.25, 0.3) is 27.5 Å². The Bertz CT molecular complexity index is 1390. The lowest BCUT2D eigenvalue weighted by molar-refractivity contribution is 0.0688. The summed E-state index contributed by atoms with van der Waals surface area (Å²) < 4.78 is 7.42. The lowest BCUT2D eigenvalue weighted by Crippen LogP contribution is -2.09. The molecule has 0 amide bonds. The number of carboxylic acids is 1. The summed E-state index contributed by atoms with van der Waals surface area (Å²) in [6.45, 7) is 7.08. The fourth-order valence-electron chi connectivity index (χ4n) is 3.51. The maximum atomic E-state index is 12.4. The first kappa shape index (κ1) is 24.7. The summed E-state index contributed by atoms with van der Waals surface area (Å²) in [6.07, 6.45) is 0. The molecule has 0 fully saturated rings. The molecule has 1 aromatic carbocycles. The molecule has 8 nitrogen and oxygen atoms in total. The van der Waals surface area contributed by atoms with Crippen LogP contribution in [-0.4, -0.2) is 41.4 Å². The summed E-state index contributed by atoms with van der Waals surface area (Å²) in [5, 5.41) is 29.7. The van der Waals surface area contributed by atoms with Gasteiger partial charge in [-0.05, 0) is 26.0 Å². The molecule has 0 bridgehead atoms. The van der Waals surface area contributed by atoms with Crippen molar-refractivity contribution in [2.45, 2.75) is 43.8 Å². The van der Waals surface area contributed by atoms with Gasteiger partial charge in [0.2, 0.25) is 5.13 Å². The molecule has 0 aliphatic heterocycles. The summed E-state index contributed by atoms with van der Waals surface area (Å²) in [5.41, 5.74) is 2.78. The van der Waals surface area contributed by atoms with Crippen LogP contribution < -0.4 is 0 Å². The zero-order chi connectivity index (χ0) is 24.7. The number of thiazole rings is 1. The predicted molar refractivity (Wildman–Crippen MR) is 134 cm³/mol. The Morgan fingerprint density at radius 3 is 2.59 bits per heavy atom. The van der Waals surface area contributed by atoms with E-state index in [0.29, 0.717) is 43.5 Å². The molecule has 0 radical (unpaired) electrons. The van der Waals surface area contributed by atoms with Crippen molar-refractivity contribution >= 4 is 52.3 Å². The van der Waals surface area contributed by atoms with Crippen LogP contribution in [-0.2, 0) is 6.61 Å². The molecular weight excluding hydrogens is 519 g/mol. The smallest absolute Gasteiger partial charge is 0.355 e. The molecule has 0 saturated heterocycles. The molecule has 178 valence electrons. The minimum absolute atomic E-state index is 0.0889. The van der Waals surface area contributed by atoms with E-state index in [2.05, 4.69) is 24.1 Å². The van der Waals surface area contributed by atoms with Crippen molar-refractivity contribution in [3.63, 3.8) is 0 Å². The van der Waals surface area contributed by atoms with Gasteiger partial charge in [0.25, 0.3) is 0 Å². The van der Waals surface area contributed by atoms with Gasteiger partial charge in [-0.2, -0.15) is 9.78 Å². The number of carboxylic acid groups (broad SMARTS) is 1. The Kier molecular flexibility index (Phi) is 7.07. The molecule has 0 aliphatic rings. The van der Waals surface area contributed by atoms with Crippen LogP contribution in [0.5, 0.6) is 0 Å². The van der Waals surface area contributed by atoms with E-state index in [1.807, 2.05) is 6.07 Å². The highest BCUT2D eigenvalue weighted by Crippen LogP contribution is 2.42. The Labute approximate surface area is 213 Å². The Morgan fingerprint density at radius 1 is 1.24 bits per heavy atom. The second-order valence-corrected chi connectivity index (χ2v) is 11.3. The lowest BCUT2D eigenvalue weighted by Gasteiger charge is -2.05. The third-order valence-corrected chi connectivity index (χ3v) is 7.88. The number of nitrogens with zero attached hydrogens (tertiary/aromatic N) is 4. The molecule has 0 aliphatic carbocycles. The number of benzene rings is 1. The Hall–Kier alpha value is -2.37. The first-order valence-electron chi connectivity index (χ1n) is 10.1. The SMILES string of the molecule is Cc1nn(-c2nc(-c3ccc(Cl)c(Cl)c3)c(SC(C)C)s2)c(C(=O)O)c1-c1c(CO)noc1C. The number of hydrogen-bond acceptors (Lipinski definition) is 8. The van der Waals surface area contributed by atoms with E-state index in [1.54, 1.807) is 37.7 Å². The van der Waals surface area contributed by atoms with E-state index in [9.17, 15) is 15.0 Å². The standard InChI is InChI=1S/C22H20Cl2N4O4S2/c1-9(2)33-21-18(12-5-6-13(23)14(24)7-12)25-22(34-21)28-19(20(30)31)16(10(3)26-28)17-11(4)32-27-15(17)8-29/h5-7,9,29H,8H2,1-4H3,(H,30,31). The normalized spacial score (nSPS) is 11.5. The van der Waals surface area contributed by atoms with Gasteiger partial charge in [-0.3, -0.25) is 0 Å². The quantitative estimate of drug-likeness (QED) is 0.264. The van der Waals surface area contributed by atoms with Crippen LogP contribution in [0.15, 0.2) is 26.9 Å². The molecule has 2 N–H and O–H groups in total. The molecule has 0 saturated carbocycles. The Balaban J connectivity index is 1.95. The minimum Gasteiger partial charge on any atom is -0.476 e. The van der Waals surface area contributed by atoms with Crippen molar-refractivity contribution in [1.82, 2.24) is 19.9 Å². The predicted octanol–water partition coefficient (Wildman–Crippen LogP) is 6.27. The summed E-state index contributed by atoms with van der Waals surface area (Å²) in [5.74, 6) is -0.801. The summed E-state index contributed by atoms with van der Waals surface area (Å²) in [6, 6.07) is 5.26. The van der Waals surface area contributed by atoms with Crippen LogP contribution in [0.3, 0.4) is 0 Å². The first-order valence-corrected chi connectivity index (χ1v) is 12.6. The van der Waals surface area contributed by atoms with Gasteiger partial charge >= 0.3 is 5.97 Å². The zero-order valence-corrected chi connectivity index (χ0v) is 21.7. The number of thioether (sulfide) groups is 1. The van der Waals surface area contributed by atoms with Gasteiger partial charge in [-0.1, -0.05) is 59.6 Å². The fraction of sp³-hybridized carbons (Fsp3) is 0.273. The average Bonchev–Trinajstić information content (AvgIpc) is 3.44. The van der Waals surface area contributed by atoms with Crippen LogP contribution >= 0.6 is 46.3 Å².